The van der Waals surface area contributed by atoms with E-state index in [4.69, 9.17) is 4.74 Å². The van der Waals surface area contributed by atoms with Crippen molar-refractivity contribution in [1.29, 1.82) is 0 Å². The fourth-order valence-corrected chi connectivity index (χ4v) is 4.06. The van der Waals surface area contributed by atoms with Crippen LogP contribution in [0.2, 0.25) is 0 Å². The Hall–Kier alpha value is -2.09. The summed E-state index contributed by atoms with van der Waals surface area (Å²) in [6.45, 7) is 4.10. The smallest absolute Gasteiger partial charge is 0.233 e. The van der Waals surface area contributed by atoms with Crippen molar-refractivity contribution in [3.05, 3.63) is 24.3 Å². The molecule has 3 rings (SSSR count). The normalized spacial score (nSPS) is 21.2. The van der Waals surface area contributed by atoms with Crippen LogP contribution in [0.3, 0.4) is 0 Å². The fraction of sp³-hybridized carbons (Fsp3) is 0.556. The molecular formula is C18H25N5O2S. The Kier molecular flexibility index (Phi) is 6.13. The molecule has 26 heavy (non-hydrogen) atoms. The number of amides is 1. The second-order valence-corrected chi connectivity index (χ2v) is 7.99. The number of hydrogen-bond acceptors (Lipinski definition) is 6. The van der Waals surface area contributed by atoms with Crippen molar-refractivity contribution < 1.29 is 9.53 Å². The monoisotopic (exact) mass is 375 g/mol. The van der Waals surface area contributed by atoms with Gasteiger partial charge in [0.15, 0.2) is 0 Å². The highest BCUT2D eigenvalue weighted by Crippen LogP contribution is 2.28. The summed E-state index contributed by atoms with van der Waals surface area (Å²) in [6.07, 6.45) is 4.68. The first-order valence-electron chi connectivity index (χ1n) is 8.99. The Balaban J connectivity index is 1.69. The van der Waals surface area contributed by atoms with Crippen LogP contribution < -0.4 is 10.1 Å². The van der Waals surface area contributed by atoms with Crippen molar-refractivity contribution in [2.75, 3.05) is 7.11 Å². The molecule has 7 nitrogen and oxygen atoms in total. The predicted molar refractivity (Wildman–Crippen MR) is 101 cm³/mol. The van der Waals surface area contributed by atoms with Gasteiger partial charge in [0, 0.05) is 6.04 Å². The molecule has 3 atom stereocenters. The highest BCUT2D eigenvalue weighted by atomic mass is 32.2. The molecule has 0 radical (unpaired) electrons. The summed E-state index contributed by atoms with van der Waals surface area (Å²) in [5, 5.41) is 15.4. The van der Waals surface area contributed by atoms with E-state index < -0.39 is 0 Å². The molecule has 8 heteroatoms. The van der Waals surface area contributed by atoms with E-state index >= 15 is 0 Å². The number of thioether (sulfide) groups is 1. The van der Waals surface area contributed by atoms with Gasteiger partial charge in [-0.15, -0.1) is 5.10 Å². The third-order valence-electron chi connectivity index (χ3n) is 4.84. The zero-order valence-corrected chi connectivity index (χ0v) is 16.2. The van der Waals surface area contributed by atoms with Crippen LogP contribution in [0.1, 0.15) is 39.5 Å². The Labute approximate surface area is 157 Å². The van der Waals surface area contributed by atoms with Crippen LogP contribution >= 0.6 is 11.8 Å². The molecule has 1 aliphatic carbocycles. The van der Waals surface area contributed by atoms with E-state index in [9.17, 15) is 4.79 Å². The number of tetrazole rings is 1. The van der Waals surface area contributed by atoms with Crippen molar-refractivity contribution in [3.63, 3.8) is 0 Å². The number of carbonyl (C=O) groups is 1. The SMILES string of the molecule is COc1ccccc1-n1nnnc1S[C@H](C)C(=O)N[C@@H]1CCCC[C@H]1C. The summed E-state index contributed by atoms with van der Waals surface area (Å²) in [4.78, 5) is 12.6. The number of nitrogens with one attached hydrogen (secondary N) is 1. The van der Waals surface area contributed by atoms with E-state index in [-0.39, 0.29) is 17.2 Å². The van der Waals surface area contributed by atoms with Gasteiger partial charge in [0.2, 0.25) is 11.1 Å². The minimum Gasteiger partial charge on any atom is -0.494 e. The Morgan fingerprint density at radius 3 is 2.88 bits per heavy atom. The van der Waals surface area contributed by atoms with Gasteiger partial charge in [0.1, 0.15) is 11.4 Å². The lowest BCUT2D eigenvalue weighted by Gasteiger charge is -2.30. The molecule has 0 saturated heterocycles. The van der Waals surface area contributed by atoms with Crippen molar-refractivity contribution in [2.45, 2.75) is 56.0 Å². The number of benzene rings is 1. The van der Waals surface area contributed by atoms with Crippen LogP contribution in [0.5, 0.6) is 5.75 Å². The number of rotatable bonds is 6. The van der Waals surface area contributed by atoms with Gasteiger partial charge in [0.05, 0.1) is 12.4 Å². The number of para-hydroxylation sites is 2. The molecule has 0 unspecified atom stereocenters. The molecular weight excluding hydrogens is 350 g/mol. The molecule has 1 amide bonds. The average Bonchev–Trinajstić information content (AvgIpc) is 3.11. The maximum absolute atomic E-state index is 12.6. The lowest BCUT2D eigenvalue weighted by atomic mass is 9.86. The Morgan fingerprint density at radius 2 is 2.12 bits per heavy atom. The van der Waals surface area contributed by atoms with Crippen molar-refractivity contribution in [2.24, 2.45) is 5.92 Å². The Bertz CT molecular complexity index is 751. The molecule has 0 bridgehead atoms. The highest BCUT2D eigenvalue weighted by molar-refractivity contribution is 8.00. The maximum atomic E-state index is 12.6. The van der Waals surface area contributed by atoms with Gasteiger partial charge in [-0.05, 0) is 48.2 Å². The first-order chi connectivity index (χ1) is 12.6. The predicted octanol–water partition coefficient (Wildman–Crippen LogP) is 2.85. The van der Waals surface area contributed by atoms with Crippen molar-refractivity contribution in [1.82, 2.24) is 25.5 Å². The summed E-state index contributed by atoms with van der Waals surface area (Å²) in [5.41, 5.74) is 0.746. The standard InChI is InChI=1S/C18H25N5O2S/c1-12-8-4-5-9-14(12)19-17(24)13(2)26-18-20-21-22-23(18)15-10-6-7-11-16(15)25-3/h6-7,10-14H,4-5,8-9H2,1-3H3,(H,19,24)/t12-,13-,14-/m1/s1. The first kappa shape index (κ1) is 18.7. The topological polar surface area (TPSA) is 81.9 Å². The first-order valence-corrected chi connectivity index (χ1v) is 9.87. The lowest BCUT2D eigenvalue weighted by Crippen LogP contribution is -2.44. The highest BCUT2D eigenvalue weighted by Gasteiger charge is 2.26. The van der Waals surface area contributed by atoms with Crippen LogP contribution in [-0.2, 0) is 4.79 Å². The van der Waals surface area contributed by atoms with E-state index in [0.29, 0.717) is 16.8 Å². The van der Waals surface area contributed by atoms with Gasteiger partial charge >= 0.3 is 0 Å². The summed E-state index contributed by atoms with van der Waals surface area (Å²) in [5.74, 6) is 1.24. The quantitative estimate of drug-likeness (QED) is 0.782. The van der Waals surface area contributed by atoms with Crippen molar-refractivity contribution >= 4 is 17.7 Å². The minimum atomic E-state index is -0.288. The third kappa shape index (κ3) is 4.17. The number of hydrogen-bond donors (Lipinski definition) is 1. The van der Waals surface area contributed by atoms with E-state index in [2.05, 4.69) is 27.8 Å². The number of carbonyl (C=O) groups excluding carboxylic acids is 1. The number of ether oxygens (including phenoxy) is 1. The van der Waals surface area contributed by atoms with Gasteiger partial charge in [0.25, 0.3) is 0 Å². The molecule has 0 aliphatic heterocycles. The van der Waals surface area contributed by atoms with E-state index in [1.807, 2.05) is 31.2 Å². The molecule has 1 aromatic heterocycles. The van der Waals surface area contributed by atoms with E-state index in [1.165, 1.54) is 31.0 Å². The molecule has 1 heterocycles. The number of nitrogens with zero attached hydrogens (tertiary/aromatic N) is 4. The lowest BCUT2D eigenvalue weighted by molar-refractivity contribution is -0.121. The van der Waals surface area contributed by atoms with Crippen LogP contribution in [0, 0.1) is 5.92 Å². The summed E-state index contributed by atoms with van der Waals surface area (Å²) in [7, 11) is 1.61. The van der Waals surface area contributed by atoms with Crippen LogP contribution in [0.4, 0.5) is 0 Å². The fourth-order valence-electron chi connectivity index (χ4n) is 3.25. The summed E-state index contributed by atoms with van der Waals surface area (Å²) < 4.78 is 6.99. The second kappa shape index (κ2) is 8.53. The van der Waals surface area contributed by atoms with Crippen LogP contribution in [-0.4, -0.2) is 44.5 Å². The summed E-state index contributed by atoms with van der Waals surface area (Å²) in [6, 6.07) is 7.79. The third-order valence-corrected chi connectivity index (χ3v) is 5.88. The van der Waals surface area contributed by atoms with Crippen LogP contribution in [0.25, 0.3) is 5.69 Å². The van der Waals surface area contributed by atoms with Gasteiger partial charge < -0.3 is 10.1 Å². The number of methoxy groups -OCH3 is 1. The van der Waals surface area contributed by atoms with Gasteiger partial charge in [-0.25, -0.2) is 0 Å². The Morgan fingerprint density at radius 1 is 1.35 bits per heavy atom. The zero-order valence-electron chi connectivity index (χ0n) is 15.4. The van der Waals surface area contributed by atoms with Crippen LogP contribution in [0.15, 0.2) is 29.4 Å². The van der Waals surface area contributed by atoms with E-state index in [1.54, 1.807) is 11.8 Å². The molecule has 1 saturated carbocycles. The molecule has 1 N–H and O–H groups in total. The van der Waals surface area contributed by atoms with E-state index in [0.717, 1.165) is 12.1 Å². The largest absolute Gasteiger partial charge is 0.494 e. The molecule has 1 aliphatic rings. The maximum Gasteiger partial charge on any atom is 0.233 e. The van der Waals surface area contributed by atoms with Crippen molar-refractivity contribution in [3.8, 4) is 11.4 Å². The van der Waals surface area contributed by atoms with Gasteiger partial charge in [-0.1, -0.05) is 43.7 Å². The van der Waals surface area contributed by atoms with Gasteiger partial charge in [-0.3, -0.25) is 4.79 Å². The minimum absolute atomic E-state index is 0.0309. The molecule has 2 aromatic rings. The molecule has 1 fully saturated rings. The second-order valence-electron chi connectivity index (χ2n) is 6.68. The molecule has 140 valence electrons. The van der Waals surface area contributed by atoms with Gasteiger partial charge in [-0.2, -0.15) is 4.68 Å². The number of aromatic nitrogens is 4. The molecule has 1 aromatic carbocycles. The summed E-state index contributed by atoms with van der Waals surface area (Å²) >= 11 is 1.35. The molecule has 0 spiro atoms. The average molecular weight is 375 g/mol. The zero-order chi connectivity index (χ0) is 18.5.